The van der Waals surface area contributed by atoms with E-state index in [1.807, 2.05) is 45.0 Å². The number of aromatic nitrogens is 2. The van der Waals surface area contributed by atoms with Gasteiger partial charge in [-0.3, -0.25) is 4.79 Å². The van der Waals surface area contributed by atoms with Gasteiger partial charge in [0.25, 0.3) is 5.91 Å². The monoisotopic (exact) mass is 300 g/mol. The SMILES string of the molecule is COc1ccccc1Nc1nc(C)cc(C(=O)NC(C)C)n1. The molecular formula is C16H20N4O2. The second kappa shape index (κ2) is 6.89. The lowest BCUT2D eigenvalue weighted by molar-refractivity contribution is 0.0938. The van der Waals surface area contributed by atoms with E-state index in [4.69, 9.17) is 4.74 Å². The van der Waals surface area contributed by atoms with Crippen LogP contribution in [0.1, 0.15) is 30.0 Å². The van der Waals surface area contributed by atoms with Gasteiger partial charge in [0.15, 0.2) is 0 Å². The summed E-state index contributed by atoms with van der Waals surface area (Å²) < 4.78 is 5.28. The number of rotatable bonds is 5. The second-order valence-corrected chi connectivity index (χ2v) is 5.17. The number of methoxy groups -OCH3 is 1. The molecule has 0 aliphatic rings. The first-order valence-electron chi connectivity index (χ1n) is 7.06. The Labute approximate surface area is 129 Å². The minimum Gasteiger partial charge on any atom is -0.495 e. The molecule has 1 aromatic heterocycles. The summed E-state index contributed by atoms with van der Waals surface area (Å²) in [6, 6.07) is 9.16. The number of hydrogen-bond donors (Lipinski definition) is 2. The molecule has 1 aromatic carbocycles. The van der Waals surface area contributed by atoms with E-state index in [0.717, 1.165) is 5.69 Å². The average molecular weight is 300 g/mol. The topological polar surface area (TPSA) is 76.1 Å². The van der Waals surface area contributed by atoms with E-state index in [1.165, 1.54) is 0 Å². The molecule has 6 heteroatoms. The van der Waals surface area contributed by atoms with Gasteiger partial charge in [-0.1, -0.05) is 12.1 Å². The molecule has 0 saturated carbocycles. The smallest absolute Gasteiger partial charge is 0.270 e. The number of hydrogen-bond acceptors (Lipinski definition) is 5. The first kappa shape index (κ1) is 15.8. The molecule has 0 fully saturated rings. The lowest BCUT2D eigenvalue weighted by atomic mass is 10.3. The highest BCUT2D eigenvalue weighted by Crippen LogP contribution is 2.25. The van der Waals surface area contributed by atoms with Crippen LogP contribution in [0.25, 0.3) is 0 Å². The summed E-state index contributed by atoms with van der Waals surface area (Å²) >= 11 is 0. The Morgan fingerprint density at radius 2 is 1.95 bits per heavy atom. The van der Waals surface area contributed by atoms with E-state index in [2.05, 4.69) is 20.6 Å². The summed E-state index contributed by atoms with van der Waals surface area (Å²) in [6.45, 7) is 5.63. The third kappa shape index (κ3) is 3.94. The van der Waals surface area contributed by atoms with Crippen molar-refractivity contribution in [3.05, 3.63) is 41.7 Å². The highest BCUT2D eigenvalue weighted by molar-refractivity contribution is 5.92. The predicted octanol–water partition coefficient (Wildman–Crippen LogP) is 2.68. The zero-order valence-electron chi connectivity index (χ0n) is 13.2. The minimum absolute atomic E-state index is 0.0494. The molecule has 2 aromatic rings. The number of ether oxygens (including phenoxy) is 1. The number of aryl methyl sites for hydroxylation is 1. The fourth-order valence-corrected chi connectivity index (χ4v) is 1.95. The van der Waals surface area contributed by atoms with Gasteiger partial charge in [0.2, 0.25) is 5.95 Å². The number of nitrogens with zero attached hydrogens (tertiary/aromatic N) is 2. The molecule has 0 aliphatic heterocycles. The van der Waals surface area contributed by atoms with Crippen LogP contribution in [0.5, 0.6) is 5.75 Å². The fraction of sp³-hybridized carbons (Fsp3) is 0.312. The summed E-state index contributed by atoms with van der Waals surface area (Å²) in [6.07, 6.45) is 0. The standard InChI is InChI=1S/C16H20N4O2/c1-10(2)17-15(21)13-9-11(3)18-16(20-13)19-12-7-5-6-8-14(12)22-4/h5-10H,1-4H3,(H,17,21)(H,18,19,20). The summed E-state index contributed by atoms with van der Waals surface area (Å²) in [5.41, 5.74) is 1.78. The van der Waals surface area contributed by atoms with Crippen molar-refractivity contribution >= 4 is 17.5 Å². The van der Waals surface area contributed by atoms with E-state index in [-0.39, 0.29) is 11.9 Å². The molecule has 6 nitrogen and oxygen atoms in total. The van der Waals surface area contributed by atoms with Crippen LogP contribution < -0.4 is 15.4 Å². The summed E-state index contributed by atoms with van der Waals surface area (Å²) in [7, 11) is 1.60. The van der Waals surface area contributed by atoms with Gasteiger partial charge in [0.05, 0.1) is 12.8 Å². The number of benzene rings is 1. The Morgan fingerprint density at radius 1 is 1.23 bits per heavy atom. The Morgan fingerprint density at radius 3 is 2.64 bits per heavy atom. The first-order valence-corrected chi connectivity index (χ1v) is 7.06. The predicted molar refractivity (Wildman–Crippen MR) is 85.6 cm³/mol. The molecule has 0 atom stereocenters. The molecule has 116 valence electrons. The second-order valence-electron chi connectivity index (χ2n) is 5.17. The average Bonchev–Trinajstić information content (AvgIpc) is 2.46. The van der Waals surface area contributed by atoms with Crippen LogP contribution in [0, 0.1) is 6.92 Å². The highest BCUT2D eigenvalue weighted by atomic mass is 16.5. The normalized spacial score (nSPS) is 10.4. The van der Waals surface area contributed by atoms with Crippen molar-refractivity contribution in [2.75, 3.05) is 12.4 Å². The number of para-hydroxylation sites is 2. The number of amides is 1. The van der Waals surface area contributed by atoms with Crippen LogP contribution >= 0.6 is 0 Å². The summed E-state index contributed by atoms with van der Waals surface area (Å²) in [5.74, 6) is 0.822. The largest absolute Gasteiger partial charge is 0.495 e. The number of carbonyl (C=O) groups excluding carboxylic acids is 1. The minimum atomic E-state index is -0.219. The van der Waals surface area contributed by atoms with Gasteiger partial charge in [0.1, 0.15) is 11.4 Å². The van der Waals surface area contributed by atoms with E-state index in [9.17, 15) is 4.79 Å². The Balaban J connectivity index is 2.28. The molecule has 0 saturated heterocycles. The zero-order valence-corrected chi connectivity index (χ0v) is 13.2. The Bertz CT molecular complexity index is 671. The Kier molecular flexibility index (Phi) is 4.93. The van der Waals surface area contributed by atoms with Crippen LogP contribution in [0.4, 0.5) is 11.6 Å². The molecule has 2 rings (SSSR count). The van der Waals surface area contributed by atoms with Gasteiger partial charge in [-0.15, -0.1) is 0 Å². The molecular weight excluding hydrogens is 280 g/mol. The lowest BCUT2D eigenvalue weighted by Gasteiger charge is -2.12. The van der Waals surface area contributed by atoms with Gasteiger partial charge in [-0.2, -0.15) is 0 Å². The van der Waals surface area contributed by atoms with Crippen molar-refractivity contribution in [2.24, 2.45) is 0 Å². The van der Waals surface area contributed by atoms with E-state index in [1.54, 1.807) is 13.2 Å². The van der Waals surface area contributed by atoms with Crippen LogP contribution in [-0.2, 0) is 0 Å². The van der Waals surface area contributed by atoms with Crippen LogP contribution in [-0.4, -0.2) is 29.0 Å². The number of carbonyl (C=O) groups is 1. The van der Waals surface area contributed by atoms with Gasteiger partial charge in [-0.05, 0) is 39.0 Å². The van der Waals surface area contributed by atoms with E-state index in [0.29, 0.717) is 23.1 Å². The zero-order chi connectivity index (χ0) is 16.1. The van der Waals surface area contributed by atoms with Crippen molar-refractivity contribution in [1.29, 1.82) is 0 Å². The van der Waals surface area contributed by atoms with E-state index >= 15 is 0 Å². The number of nitrogens with one attached hydrogen (secondary N) is 2. The lowest BCUT2D eigenvalue weighted by Crippen LogP contribution is -2.31. The van der Waals surface area contributed by atoms with Gasteiger partial charge in [-0.25, -0.2) is 9.97 Å². The van der Waals surface area contributed by atoms with Crippen LogP contribution in [0.3, 0.4) is 0 Å². The Hall–Kier alpha value is -2.63. The molecule has 1 heterocycles. The van der Waals surface area contributed by atoms with Gasteiger partial charge in [0, 0.05) is 11.7 Å². The molecule has 0 aliphatic carbocycles. The molecule has 0 spiro atoms. The third-order valence-electron chi connectivity index (χ3n) is 2.86. The molecule has 0 bridgehead atoms. The summed E-state index contributed by atoms with van der Waals surface area (Å²) in [5, 5.41) is 5.90. The van der Waals surface area contributed by atoms with Crippen molar-refractivity contribution in [1.82, 2.24) is 15.3 Å². The molecule has 0 radical (unpaired) electrons. The maximum Gasteiger partial charge on any atom is 0.270 e. The first-order chi connectivity index (χ1) is 10.5. The number of anilines is 2. The maximum atomic E-state index is 12.1. The maximum absolute atomic E-state index is 12.1. The summed E-state index contributed by atoms with van der Waals surface area (Å²) in [4.78, 5) is 20.7. The van der Waals surface area contributed by atoms with Crippen LogP contribution in [0.15, 0.2) is 30.3 Å². The highest BCUT2D eigenvalue weighted by Gasteiger charge is 2.12. The van der Waals surface area contributed by atoms with Crippen molar-refractivity contribution in [3.63, 3.8) is 0 Å². The quantitative estimate of drug-likeness (QED) is 0.888. The van der Waals surface area contributed by atoms with Gasteiger partial charge >= 0.3 is 0 Å². The fourth-order valence-electron chi connectivity index (χ4n) is 1.95. The molecule has 2 N–H and O–H groups in total. The molecule has 1 amide bonds. The van der Waals surface area contributed by atoms with Crippen molar-refractivity contribution < 1.29 is 9.53 Å². The van der Waals surface area contributed by atoms with Gasteiger partial charge < -0.3 is 15.4 Å². The van der Waals surface area contributed by atoms with E-state index < -0.39 is 0 Å². The van der Waals surface area contributed by atoms with Crippen LogP contribution in [0.2, 0.25) is 0 Å². The van der Waals surface area contributed by atoms with Crippen molar-refractivity contribution in [3.8, 4) is 5.75 Å². The van der Waals surface area contributed by atoms with Crippen molar-refractivity contribution in [2.45, 2.75) is 26.8 Å². The third-order valence-corrected chi connectivity index (χ3v) is 2.86. The molecule has 0 unspecified atom stereocenters. The molecule has 22 heavy (non-hydrogen) atoms.